The first kappa shape index (κ1) is 23.4. The van der Waals surface area contributed by atoms with Gasteiger partial charge in [-0.2, -0.15) is 0 Å². The third-order valence-corrected chi connectivity index (χ3v) is 7.22. The molecule has 7 heteroatoms. The average molecular weight is 488 g/mol. The van der Waals surface area contributed by atoms with Crippen molar-refractivity contribution in [3.63, 3.8) is 0 Å². The Morgan fingerprint density at radius 1 is 1.06 bits per heavy atom. The number of aromatic amines is 1. The van der Waals surface area contributed by atoms with E-state index in [2.05, 4.69) is 30.2 Å². The molecule has 0 saturated heterocycles. The minimum atomic E-state index is -0.445. The fourth-order valence-corrected chi connectivity index (χ4v) is 5.59. The Morgan fingerprint density at radius 2 is 1.80 bits per heavy atom. The number of anilines is 1. The van der Waals surface area contributed by atoms with Crippen LogP contribution in [0.1, 0.15) is 49.8 Å². The molecule has 0 radical (unpaired) electrons. The first-order valence-corrected chi connectivity index (χ1v) is 12.9. The van der Waals surface area contributed by atoms with E-state index in [4.69, 9.17) is 9.72 Å². The molecule has 0 amide bonds. The summed E-state index contributed by atoms with van der Waals surface area (Å²) in [6.45, 7) is 6.61. The highest BCUT2D eigenvalue weighted by Crippen LogP contribution is 2.48. The van der Waals surface area contributed by atoms with Crippen molar-refractivity contribution in [2.45, 2.75) is 44.9 Å². The number of nitrogens with one attached hydrogen (secondary N) is 2. The summed E-state index contributed by atoms with van der Waals surface area (Å²) in [7, 11) is 0. The summed E-state index contributed by atoms with van der Waals surface area (Å²) >= 11 is 1.48. The van der Waals surface area contributed by atoms with Gasteiger partial charge in [0.1, 0.15) is 24.0 Å². The monoisotopic (exact) mass is 487 g/mol. The number of H-pyrrole nitrogens is 1. The molecule has 0 fully saturated rings. The van der Waals surface area contributed by atoms with Crippen molar-refractivity contribution in [3.8, 4) is 5.75 Å². The summed E-state index contributed by atoms with van der Waals surface area (Å²) in [5, 5.41) is 3.92. The van der Waals surface area contributed by atoms with E-state index >= 15 is 0 Å². The van der Waals surface area contributed by atoms with Crippen LogP contribution in [-0.2, 0) is 11.4 Å². The summed E-state index contributed by atoms with van der Waals surface area (Å²) in [5.41, 5.74) is 2.87. The second-order valence-electron chi connectivity index (χ2n) is 9.72. The third kappa shape index (κ3) is 4.78. The SMILES string of the molecule is CCSc1nc2c(c(=O)[nH]1)C(c1ccc(OCc3ccccc3)cc1)C1C(=O)CC(C)(C)C=C1N2. The summed E-state index contributed by atoms with van der Waals surface area (Å²) in [6, 6.07) is 17.7. The Labute approximate surface area is 209 Å². The molecule has 2 N–H and O–H groups in total. The molecule has 2 heterocycles. The van der Waals surface area contributed by atoms with Crippen molar-refractivity contribution in [1.82, 2.24) is 9.97 Å². The molecule has 0 bridgehead atoms. The topological polar surface area (TPSA) is 84.1 Å². The van der Waals surface area contributed by atoms with E-state index in [1.165, 1.54) is 11.8 Å². The van der Waals surface area contributed by atoms with E-state index in [1.807, 2.05) is 61.5 Å². The zero-order valence-electron chi connectivity index (χ0n) is 20.1. The highest BCUT2D eigenvalue weighted by Gasteiger charge is 2.45. The van der Waals surface area contributed by atoms with Crippen LogP contribution < -0.4 is 15.6 Å². The van der Waals surface area contributed by atoms with Gasteiger partial charge < -0.3 is 15.0 Å². The Morgan fingerprint density at radius 3 is 2.51 bits per heavy atom. The van der Waals surface area contributed by atoms with Gasteiger partial charge in [-0.05, 0) is 34.4 Å². The molecule has 1 aliphatic carbocycles. The molecule has 0 saturated carbocycles. The number of fused-ring (bicyclic) bond motifs is 2. The predicted octanol–water partition coefficient (Wildman–Crippen LogP) is 5.52. The lowest BCUT2D eigenvalue weighted by molar-refractivity contribution is -0.124. The van der Waals surface area contributed by atoms with Gasteiger partial charge in [-0.15, -0.1) is 0 Å². The Balaban J connectivity index is 1.53. The lowest BCUT2D eigenvalue weighted by Gasteiger charge is -2.40. The number of hydrogen-bond donors (Lipinski definition) is 2. The van der Waals surface area contributed by atoms with Crippen LogP contribution in [0, 0.1) is 11.3 Å². The van der Waals surface area contributed by atoms with Crippen LogP contribution in [0.15, 0.2) is 76.3 Å². The zero-order valence-corrected chi connectivity index (χ0v) is 20.9. The minimum Gasteiger partial charge on any atom is -0.489 e. The molecule has 2 aromatic carbocycles. The highest BCUT2D eigenvalue weighted by atomic mass is 32.2. The van der Waals surface area contributed by atoms with Crippen LogP contribution in [0.2, 0.25) is 0 Å². The normalized spacial score (nSPS) is 20.3. The van der Waals surface area contributed by atoms with Crippen LogP contribution in [-0.4, -0.2) is 21.5 Å². The predicted molar refractivity (Wildman–Crippen MR) is 139 cm³/mol. The van der Waals surface area contributed by atoms with Gasteiger partial charge in [-0.1, -0.05) is 81.1 Å². The second kappa shape index (κ2) is 9.38. The number of rotatable bonds is 6. The van der Waals surface area contributed by atoms with Gasteiger partial charge in [0.2, 0.25) is 0 Å². The van der Waals surface area contributed by atoms with Gasteiger partial charge >= 0.3 is 0 Å². The maximum atomic E-state index is 13.4. The van der Waals surface area contributed by atoms with Crippen LogP contribution >= 0.6 is 11.8 Å². The molecule has 180 valence electrons. The van der Waals surface area contributed by atoms with E-state index < -0.39 is 11.8 Å². The number of Topliss-reactive ketones (excluding diaryl/α,β-unsaturated/α-hetero) is 1. The van der Waals surface area contributed by atoms with Crippen molar-refractivity contribution in [2.24, 2.45) is 11.3 Å². The number of nitrogens with zero attached hydrogens (tertiary/aromatic N) is 1. The van der Waals surface area contributed by atoms with Crippen molar-refractivity contribution in [3.05, 3.63) is 93.4 Å². The second-order valence-corrected chi connectivity index (χ2v) is 11.0. The fraction of sp³-hybridized carbons (Fsp3) is 0.321. The smallest absolute Gasteiger partial charge is 0.257 e. The number of carbonyl (C=O) groups excluding carboxylic acids is 1. The number of hydrogen-bond acceptors (Lipinski definition) is 6. The van der Waals surface area contributed by atoms with Crippen molar-refractivity contribution in [1.29, 1.82) is 0 Å². The van der Waals surface area contributed by atoms with Gasteiger partial charge in [0.25, 0.3) is 5.56 Å². The number of allylic oxidation sites excluding steroid dienone is 2. The van der Waals surface area contributed by atoms with Crippen LogP contribution in [0.4, 0.5) is 5.82 Å². The summed E-state index contributed by atoms with van der Waals surface area (Å²) in [6.07, 6.45) is 2.56. The number of aromatic nitrogens is 2. The molecule has 6 nitrogen and oxygen atoms in total. The first-order chi connectivity index (χ1) is 16.8. The minimum absolute atomic E-state index is 0.131. The number of ether oxygens (including phenoxy) is 1. The quantitative estimate of drug-likeness (QED) is 0.352. The molecular weight excluding hydrogens is 458 g/mol. The van der Waals surface area contributed by atoms with Gasteiger partial charge in [-0.25, -0.2) is 4.98 Å². The highest BCUT2D eigenvalue weighted by molar-refractivity contribution is 7.99. The van der Waals surface area contributed by atoms with Gasteiger partial charge in [0, 0.05) is 18.0 Å². The molecule has 1 aliphatic heterocycles. The summed E-state index contributed by atoms with van der Waals surface area (Å²) in [5.74, 6) is 1.34. The van der Waals surface area contributed by atoms with Crippen molar-refractivity contribution in [2.75, 3.05) is 11.1 Å². The largest absolute Gasteiger partial charge is 0.489 e. The molecule has 3 aromatic rings. The Hall–Kier alpha value is -3.32. The molecule has 2 atom stereocenters. The number of carbonyl (C=O) groups is 1. The van der Waals surface area contributed by atoms with E-state index in [-0.39, 0.29) is 16.8 Å². The maximum Gasteiger partial charge on any atom is 0.257 e. The molecule has 2 unspecified atom stereocenters. The van der Waals surface area contributed by atoms with E-state index in [0.29, 0.717) is 29.6 Å². The van der Waals surface area contributed by atoms with Gasteiger partial charge in [0.05, 0.1) is 11.5 Å². The number of thioether (sulfide) groups is 1. The average Bonchev–Trinajstić information content (AvgIpc) is 2.82. The van der Waals surface area contributed by atoms with E-state index in [0.717, 1.165) is 28.3 Å². The molecular formula is C28H29N3O3S. The number of ketones is 1. The molecule has 0 spiro atoms. The van der Waals surface area contributed by atoms with Gasteiger partial charge in [0.15, 0.2) is 5.16 Å². The molecule has 35 heavy (non-hydrogen) atoms. The van der Waals surface area contributed by atoms with Crippen molar-refractivity contribution >= 4 is 23.4 Å². The zero-order chi connectivity index (χ0) is 24.6. The standard InChI is InChI=1S/C28H29N3O3S/c1-4-35-27-30-25-24(26(33)31-27)22(23-20(29-25)14-28(2,3)15-21(23)32)18-10-12-19(13-11-18)34-16-17-8-6-5-7-9-17/h5-14,22-23H,4,15-16H2,1-3H3,(H2,29,30,31,33). The molecule has 5 rings (SSSR count). The summed E-state index contributed by atoms with van der Waals surface area (Å²) in [4.78, 5) is 34.3. The summed E-state index contributed by atoms with van der Waals surface area (Å²) < 4.78 is 5.95. The first-order valence-electron chi connectivity index (χ1n) is 11.9. The Kier molecular flexibility index (Phi) is 6.28. The fourth-order valence-electron chi connectivity index (χ4n) is 5.00. The lowest BCUT2D eigenvalue weighted by atomic mass is 9.67. The van der Waals surface area contributed by atoms with E-state index in [1.54, 1.807) is 0 Å². The maximum absolute atomic E-state index is 13.4. The third-order valence-electron chi connectivity index (χ3n) is 6.47. The van der Waals surface area contributed by atoms with Crippen molar-refractivity contribution < 1.29 is 9.53 Å². The van der Waals surface area contributed by atoms with Crippen LogP contribution in [0.3, 0.4) is 0 Å². The van der Waals surface area contributed by atoms with E-state index in [9.17, 15) is 9.59 Å². The van der Waals surface area contributed by atoms with Crippen LogP contribution in [0.5, 0.6) is 5.75 Å². The number of benzene rings is 2. The molecule has 2 aliphatic rings. The molecule has 1 aromatic heterocycles. The van der Waals surface area contributed by atoms with Gasteiger partial charge in [-0.3, -0.25) is 9.59 Å². The Bertz CT molecular complexity index is 1330. The van der Waals surface area contributed by atoms with Crippen LogP contribution in [0.25, 0.3) is 0 Å². The lowest BCUT2D eigenvalue weighted by Crippen LogP contribution is -2.41.